The van der Waals surface area contributed by atoms with Crippen LogP contribution >= 0.6 is 11.6 Å². The number of carboxylic acid groups (broad SMARTS) is 1. The molecule has 1 aliphatic heterocycles. The fourth-order valence-corrected chi connectivity index (χ4v) is 2.91. The van der Waals surface area contributed by atoms with Crippen LogP contribution < -0.4 is 10.2 Å². The molecule has 0 aliphatic carbocycles. The van der Waals surface area contributed by atoms with Crippen molar-refractivity contribution in [2.75, 3.05) is 11.4 Å². The molecule has 2 N–H and O–H groups in total. The summed E-state index contributed by atoms with van der Waals surface area (Å²) in [5.41, 5.74) is 0.904. The van der Waals surface area contributed by atoms with Crippen LogP contribution in [0.15, 0.2) is 54.6 Å². The summed E-state index contributed by atoms with van der Waals surface area (Å²) in [6.45, 7) is 0.00371. The molecular formula is C18H15ClN2O4. The summed E-state index contributed by atoms with van der Waals surface area (Å²) in [6, 6.07) is 13.8. The predicted octanol–water partition coefficient (Wildman–Crippen LogP) is 2.19. The first-order valence-corrected chi connectivity index (χ1v) is 8.01. The van der Waals surface area contributed by atoms with Gasteiger partial charge in [-0.3, -0.25) is 14.4 Å². The highest BCUT2D eigenvalue weighted by Gasteiger charge is 2.45. The maximum absolute atomic E-state index is 12.7. The number of carbonyl (C=O) groups is 3. The molecule has 128 valence electrons. The first kappa shape index (κ1) is 17.0. The molecule has 2 aromatic carbocycles. The van der Waals surface area contributed by atoms with Gasteiger partial charge in [-0.15, -0.1) is 0 Å². The average molecular weight is 359 g/mol. The van der Waals surface area contributed by atoms with E-state index in [1.54, 1.807) is 42.5 Å². The summed E-state index contributed by atoms with van der Waals surface area (Å²) in [7, 11) is 0. The van der Waals surface area contributed by atoms with Crippen molar-refractivity contribution in [1.29, 1.82) is 0 Å². The number of aliphatic carboxylic acids is 1. The van der Waals surface area contributed by atoms with Crippen LogP contribution in [0.5, 0.6) is 0 Å². The summed E-state index contributed by atoms with van der Waals surface area (Å²) >= 11 is 5.79. The summed E-state index contributed by atoms with van der Waals surface area (Å²) in [6.07, 6.45) is 0. The van der Waals surface area contributed by atoms with Gasteiger partial charge in [-0.2, -0.15) is 0 Å². The second kappa shape index (κ2) is 6.94. The van der Waals surface area contributed by atoms with Gasteiger partial charge in [0.2, 0.25) is 0 Å². The first-order chi connectivity index (χ1) is 12.0. The van der Waals surface area contributed by atoms with E-state index >= 15 is 0 Å². The van der Waals surface area contributed by atoms with Gasteiger partial charge in [0.15, 0.2) is 0 Å². The van der Waals surface area contributed by atoms with E-state index in [1.165, 1.54) is 17.0 Å². The summed E-state index contributed by atoms with van der Waals surface area (Å²) < 4.78 is 0. The molecule has 1 heterocycles. The van der Waals surface area contributed by atoms with Gasteiger partial charge in [-0.1, -0.05) is 29.8 Å². The van der Waals surface area contributed by atoms with Crippen LogP contribution in [0.3, 0.4) is 0 Å². The van der Waals surface area contributed by atoms with Gasteiger partial charge in [0.1, 0.15) is 12.0 Å². The van der Waals surface area contributed by atoms with Crippen LogP contribution in [0.1, 0.15) is 10.4 Å². The van der Waals surface area contributed by atoms with Gasteiger partial charge in [0, 0.05) is 22.8 Å². The molecule has 0 spiro atoms. The van der Waals surface area contributed by atoms with E-state index in [4.69, 9.17) is 11.6 Å². The van der Waals surface area contributed by atoms with Crippen molar-refractivity contribution in [2.24, 2.45) is 5.92 Å². The van der Waals surface area contributed by atoms with Crippen molar-refractivity contribution in [3.8, 4) is 0 Å². The lowest BCUT2D eigenvalue weighted by Crippen LogP contribution is -2.46. The van der Waals surface area contributed by atoms with E-state index in [0.29, 0.717) is 16.3 Å². The molecule has 2 amide bonds. The van der Waals surface area contributed by atoms with Gasteiger partial charge in [-0.25, -0.2) is 0 Å². The third-order valence-electron chi connectivity index (χ3n) is 4.09. The number of carboxylic acids is 1. The Bertz CT molecular complexity index is 808. The van der Waals surface area contributed by atoms with Crippen molar-refractivity contribution < 1.29 is 19.5 Å². The van der Waals surface area contributed by atoms with Gasteiger partial charge < -0.3 is 15.3 Å². The minimum Gasteiger partial charge on any atom is -0.481 e. The number of hydrogen-bond donors (Lipinski definition) is 2. The van der Waals surface area contributed by atoms with Crippen molar-refractivity contribution in [3.05, 3.63) is 65.2 Å². The molecule has 1 fully saturated rings. The van der Waals surface area contributed by atoms with Crippen molar-refractivity contribution in [2.45, 2.75) is 6.04 Å². The Hall–Kier alpha value is -2.86. The maximum atomic E-state index is 12.7. The third kappa shape index (κ3) is 3.49. The molecular weight excluding hydrogens is 344 g/mol. The standard InChI is InChI=1S/C18H15ClN2O4/c19-12-8-6-11(7-9-12)16(22)20-15-14(18(24)25)10-21(17(15)23)13-4-2-1-3-5-13/h1-9,14-15H,10H2,(H,20,22)(H,24,25)/t14-,15-/m0/s1. The van der Waals surface area contributed by atoms with Crippen LogP contribution in [0.25, 0.3) is 0 Å². The monoisotopic (exact) mass is 358 g/mol. The number of amides is 2. The summed E-state index contributed by atoms with van der Waals surface area (Å²) in [4.78, 5) is 37.9. The summed E-state index contributed by atoms with van der Waals surface area (Å²) in [5.74, 6) is -3.12. The topological polar surface area (TPSA) is 86.7 Å². The zero-order chi connectivity index (χ0) is 18.0. The van der Waals surface area contributed by atoms with Crippen LogP contribution in [-0.2, 0) is 9.59 Å². The molecule has 2 atom stereocenters. The fraction of sp³-hybridized carbons (Fsp3) is 0.167. The Morgan fingerprint density at radius 1 is 1.08 bits per heavy atom. The van der Waals surface area contributed by atoms with Crippen molar-refractivity contribution in [3.63, 3.8) is 0 Å². The van der Waals surface area contributed by atoms with Gasteiger partial charge in [0.05, 0.1) is 0 Å². The Labute approximate surface area is 149 Å². The van der Waals surface area contributed by atoms with Gasteiger partial charge in [-0.05, 0) is 36.4 Å². The largest absolute Gasteiger partial charge is 0.481 e. The highest BCUT2D eigenvalue weighted by Crippen LogP contribution is 2.26. The molecule has 0 aromatic heterocycles. The molecule has 6 nitrogen and oxygen atoms in total. The molecule has 2 aromatic rings. The molecule has 0 bridgehead atoms. The lowest BCUT2D eigenvalue weighted by Gasteiger charge is -2.17. The number of carbonyl (C=O) groups excluding carboxylic acids is 2. The molecule has 0 unspecified atom stereocenters. The normalized spacial score (nSPS) is 19.7. The van der Waals surface area contributed by atoms with E-state index in [0.717, 1.165) is 0 Å². The van der Waals surface area contributed by atoms with Crippen LogP contribution in [0.2, 0.25) is 5.02 Å². The predicted molar refractivity (Wildman–Crippen MR) is 92.6 cm³/mol. The number of halogens is 1. The Morgan fingerprint density at radius 2 is 1.72 bits per heavy atom. The quantitative estimate of drug-likeness (QED) is 0.877. The van der Waals surface area contributed by atoms with E-state index < -0.39 is 29.7 Å². The molecule has 3 rings (SSSR count). The van der Waals surface area contributed by atoms with Crippen LogP contribution in [0, 0.1) is 5.92 Å². The molecule has 7 heteroatoms. The lowest BCUT2D eigenvalue weighted by atomic mass is 10.0. The zero-order valence-corrected chi connectivity index (χ0v) is 13.8. The van der Waals surface area contributed by atoms with Gasteiger partial charge >= 0.3 is 5.97 Å². The van der Waals surface area contributed by atoms with E-state index in [1.807, 2.05) is 0 Å². The molecule has 1 saturated heterocycles. The van der Waals surface area contributed by atoms with Gasteiger partial charge in [0.25, 0.3) is 11.8 Å². The van der Waals surface area contributed by atoms with E-state index in [2.05, 4.69) is 5.32 Å². The molecule has 25 heavy (non-hydrogen) atoms. The second-order valence-electron chi connectivity index (χ2n) is 5.69. The maximum Gasteiger partial charge on any atom is 0.310 e. The Balaban J connectivity index is 1.83. The number of hydrogen-bond acceptors (Lipinski definition) is 3. The number of para-hydroxylation sites is 1. The van der Waals surface area contributed by atoms with Crippen LogP contribution in [0.4, 0.5) is 5.69 Å². The molecule has 1 aliphatic rings. The molecule has 0 saturated carbocycles. The Kier molecular flexibility index (Phi) is 4.72. The Morgan fingerprint density at radius 3 is 2.32 bits per heavy atom. The zero-order valence-electron chi connectivity index (χ0n) is 13.1. The number of rotatable bonds is 4. The van der Waals surface area contributed by atoms with Crippen molar-refractivity contribution >= 4 is 35.1 Å². The van der Waals surface area contributed by atoms with E-state index in [9.17, 15) is 19.5 Å². The van der Waals surface area contributed by atoms with Crippen LogP contribution in [-0.4, -0.2) is 35.5 Å². The number of nitrogens with zero attached hydrogens (tertiary/aromatic N) is 1. The summed E-state index contributed by atoms with van der Waals surface area (Å²) in [5, 5.41) is 12.5. The minimum atomic E-state index is -1.13. The molecule has 0 radical (unpaired) electrons. The smallest absolute Gasteiger partial charge is 0.310 e. The SMILES string of the molecule is O=C(N[C@@H]1C(=O)N(c2ccccc2)C[C@@H]1C(=O)O)c1ccc(Cl)cc1. The average Bonchev–Trinajstić information content (AvgIpc) is 2.93. The number of anilines is 1. The fourth-order valence-electron chi connectivity index (χ4n) is 2.78. The highest BCUT2D eigenvalue weighted by atomic mass is 35.5. The number of nitrogens with one attached hydrogen (secondary N) is 1. The lowest BCUT2D eigenvalue weighted by molar-refractivity contribution is -0.142. The first-order valence-electron chi connectivity index (χ1n) is 7.63. The number of benzene rings is 2. The van der Waals surface area contributed by atoms with Crippen molar-refractivity contribution in [1.82, 2.24) is 5.32 Å². The van der Waals surface area contributed by atoms with E-state index in [-0.39, 0.29) is 6.54 Å². The third-order valence-corrected chi connectivity index (χ3v) is 4.34. The second-order valence-corrected chi connectivity index (χ2v) is 6.12. The highest BCUT2D eigenvalue weighted by molar-refractivity contribution is 6.30. The minimum absolute atomic E-state index is 0.00371.